The first-order chi connectivity index (χ1) is 6.02. The van der Waals surface area contributed by atoms with E-state index in [1.807, 2.05) is 0 Å². The highest BCUT2D eigenvalue weighted by Gasteiger charge is 2.25. The third-order valence-corrected chi connectivity index (χ3v) is 2.83. The Kier molecular flexibility index (Phi) is 6.45. The average molecular weight is 184 g/mol. The van der Waals surface area contributed by atoms with Crippen molar-refractivity contribution in [3.05, 3.63) is 0 Å². The summed E-state index contributed by atoms with van der Waals surface area (Å²) >= 11 is 0. The quantitative estimate of drug-likeness (QED) is 0.495. The molecule has 1 fully saturated rings. The van der Waals surface area contributed by atoms with Crippen molar-refractivity contribution in [3.63, 3.8) is 0 Å². The van der Waals surface area contributed by atoms with Crippen LogP contribution in [0.4, 0.5) is 0 Å². The summed E-state index contributed by atoms with van der Waals surface area (Å²) in [5, 5.41) is 0. The highest BCUT2D eigenvalue weighted by Crippen LogP contribution is 2.37. The van der Waals surface area contributed by atoms with E-state index in [2.05, 4.69) is 34.6 Å². The lowest BCUT2D eigenvalue weighted by molar-refractivity contribution is 0.180. The molecule has 0 nitrogen and oxygen atoms in total. The first-order valence-electron chi connectivity index (χ1n) is 6.02. The molecule has 0 amide bonds. The summed E-state index contributed by atoms with van der Waals surface area (Å²) in [6, 6.07) is 0. The second kappa shape index (κ2) is 6.45. The van der Waals surface area contributed by atoms with Crippen molar-refractivity contribution in [1.82, 2.24) is 0 Å². The minimum absolute atomic E-state index is 0.570. The second-order valence-electron chi connectivity index (χ2n) is 5.41. The minimum atomic E-state index is 0.570. The molecule has 0 aromatic carbocycles. The van der Waals surface area contributed by atoms with Gasteiger partial charge in [0.15, 0.2) is 0 Å². The van der Waals surface area contributed by atoms with Gasteiger partial charge in [-0.05, 0) is 24.2 Å². The van der Waals surface area contributed by atoms with Gasteiger partial charge in [-0.25, -0.2) is 0 Å². The van der Waals surface area contributed by atoms with Gasteiger partial charge in [0.1, 0.15) is 0 Å². The van der Waals surface area contributed by atoms with E-state index >= 15 is 0 Å². The van der Waals surface area contributed by atoms with Crippen molar-refractivity contribution in [3.8, 4) is 0 Å². The normalized spacial score (nSPS) is 19.2. The molecule has 0 N–H and O–H groups in total. The van der Waals surface area contributed by atoms with Crippen molar-refractivity contribution in [2.75, 3.05) is 0 Å². The van der Waals surface area contributed by atoms with Crippen molar-refractivity contribution >= 4 is 0 Å². The van der Waals surface area contributed by atoms with Gasteiger partial charge in [0.2, 0.25) is 0 Å². The Hall–Kier alpha value is 0. The predicted octanol–water partition coefficient (Wildman–Crippen LogP) is 5.03. The molecule has 0 bridgehead atoms. The lowest BCUT2D eigenvalue weighted by atomic mass is 9.72. The van der Waals surface area contributed by atoms with Gasteiger partial charge < -0.3 is 0 Å². The molecule has 1 rings (SSSR count). The fourth-order valence-corrected chi connectivity index (χ4v) is 1.97. The van der Waals surface area contributed by atoms with Crippen molar-refractivity contribution < 1.29 is 0 Å². The molecule has 0 heterocycles. The summed E-state index contributed by atoms with van der Waals surface area (Å²) in [6.45, 7) is 11.4. The number of hydrogen-bond donors (Lipinski definition) is 0. The molecule has 0 spiro atoms. The first-order valence-corrected chi connectivity index (χ1v) is 6.02. The zero-order chi connectivity index (χ0) is 10.3. The van der Waals surface area contributed by atoms with Gasteiger partial charge in [0.25, 0.3) is 0 Å². The molecule has 0 radical (unpaired) electrons. The largest absolute Gasteiger partial charge is 0.0656 e. The van der Waals surface area contributed by atoms with E-state index in [1.165, 1.54) is 38.5 Å². The Morgan fingerprint density at radius 1 is 0.923 bits per heavy atom. The van der Waals surface area contributed by atoms with Gasteiger partial charge in [-0.2, -0.15) is 0 Å². The molecule has 1 saturated carbocycles. The third kappa shape index (κ3) is 6.12. The van der Waals surface area contributed by atoms with Crippen LogP contribution >= 0.6 is 0 Å². The molecular formula is C13H28. The van der Waals surface area contributed by atoms with Crippen LogP contribution in [0.5, 0.6) is 0 Å². The monoisotopic (exact) mass is 184 g/mol. The molecule has 0 unspecified atom stereocenters. The third-order valence-electron chi connectivity index (χ3n) is 2.83. The molecule has 80 valence electrons. The standard InChI is InChI=1S/C10H20.C3H8/c1-10(2,3)9-7-5-4-6-8-9;1-3-2/h9H,4-8H2,1-3H3;3H2,1-2H3. The van der Waals surface area contributed by atoms with Gasteiger partial charge >= 0.3 is 0 Å². The van der Waals surface area contributed by atoms with E-state index < -0.39 is 0 Å². The molecular weight excluding hydrogens is 156 g/mol. The maximum atomic E-state index is 2.38. The average Bonchev–Trinajstić information content (AvgIpc) is 2.06. The van der Waals surface area contributed by atoms with E-state index in [4.69, 9.17) is 0 Å². The van der Waals surface area contributed by atoms with Crippen LogP contribution in [0.15, 0.2) is 0 Å². The summed E-state index contributed by atoms with van der Waals surface area (Å²) < 4.78 is 0. The molecule has 1 aliphatic carbocycles. The zero-order valence-electron chi connectivity index (χ0n) is 10.3. The Labute approximate surface area is 85.1 Å². The first kappa shape index (κ1) is 13.0. The van der Waals surface area contributed by atoms with Crippen LogP contribution in [-0.4, -0.2) is 0 Å². The maximum Gasteiger partial charge on any atom is -0.0354 e. The molecule has 0 aromatic rings. The number of rotatable bonds is 0. The van der Waals surface area contributed by atoms with Gasteiger partial charge in [0, 0.05) is 0 Å². The molecule has 0 heteroatoms. The number of hydrogen-bond acceptors (Lipinski definition) is 0. The maximum absolute atomic E-state index is 2.38. The smallest absolute Gasteiger partial charge is 0.0354 e. The second-order valence-corrected chi connectivity index (χ2v) is 5.41. The van der Waals surface area contributed by atoms with Crippen LogP contribution in [-0.2, 0) is 0 Å². The van der Waals surface area contributed by atoms with Crippen molar-refractivity contribution in [2.24, 2.45) is 11.3 Å². The fraction of sp³-hybridized carbons (Fsp3) is 1.00. The summed E-state index contributed by atoms with van der Waals surface area (Å²) in [7, 11) is 0. The van der Waals surface area contributed by atoms with E-state index in [9.17, 15) is 0 Å². The van der Waals surface area contributed by atoms with Crippen LogP contribution in [0.25, 0.3) is 0 Å². The van der Waals surface area contributed by atoms with Crippen LogP contribution in [0.2, 0.25) is 0 Å². The molecule has 1 aliphatic rings. The van der Waals surface area contributed by atoms with Crippen LogP contribution in [0.1, 0.15) is 73.1 Å². The Morgan fingerprint density at radius 2 is 1.31 bits per heavy atom. The molecule has 0 aromatic heterocycles. The topological polar surface area (TPSA) is 0 Å². The predicted molar refractivity (Wildman–Crippen MR) is 62.0 cm³/mol. The van der Waals surface area contributed by atoms with E-state index in [0.717, 1.165) is 5.92 Å². The van der Waals surface area contributed by atoms with Crippen molar-refractivity contribution in [1.29, 1.82) is 0 Å². The fourth-order valence-electron chi connectivity index (χ4n) is 1.97. The van der Waals surface area contributed by atoms with Crippen molar-refractivity contribution in [2.45, 2.75) is 73.1 Å². The van der Waals surface area contributed by atoms with Gasteiger partial charge in [-0.15, -0.1) is 0 Å². The summed E-state index contributed by atoms with van der Waals surface area (Å²) in [5.41, 5.74) is 0.570. The summed E-state index contributed by atoms with van der Waals surface area (Å²) in [4.78, 5) is 0. The van der Waals surface area contributed by atoms with Crippen LogP contribution in [0, 0.1) is 11.3 Å². The van der Waals surface area contributed by atoms with Gasteiger partial charge in [-0.1, -0.05) is 60.3 Å². The Morgan fingerprint density at radius 3 is 1.54 bits per heavy atom. The van der Waals surface area contributed by atoms with E-state index in [0.29, 0.717) is 5.41 Å². The van der Waals surface area contributed by atoms with E-state index in [1.54, 1.807) is 0 Å². The zero-order valence-corrected chi connectivity index (χ0v) is 10.3. The van der Waals surface area contributed by atoms with Crippen LogP contribution in [0.3, 0.4) is 0 Å². The van der Waals surface area contributed by atoms with Gasteiger partial charge in [-0.3, -0.25) is 0 Å². The summed E-state index contributed by atoms with van der Waals surface area (Å²) in [6.07, 6.45) is 8.63. The lowest BCUT2D eigenvalue weighted by Gasteiger charge is -2.33. The molecule has 0 saturated heterocycles. The summed E-state index contributed by atoms with van der Waals surface area (Å²) in [5.74, 6) is 1.00. The minimum Gasteiger partial charge on any atom is -0.0656 e. The Bertz CT molecular complexity index is 102. The van der Waals surface area contributed by atoms with Gasteiger partial charge in [0.05, 0.1) is 0 Å². The van der Waals surface area contributed by atoms with Crippen LogP contribution < -0.4 is 0 Å². The molecule has 0 atom stereocenters. The highest BCUT2D eigenvalue weighted by molar-refractivity contribution is 4.76. The molecule has 13 heavy (non-hydrogen) atoms. The van der Waals surface area contributed by atoms with E-state index in [-0.39, 0.29) is 0 Å². The Balaban J connectivity index is 0.000000424. The lowest BCUT2D eigenvalue weighted by Crippen LogP contribution is -2.22. The SMILES string of the molecule is CC(C)(C)C1CCCCC1.CCC. The highest BCUT2D eigenvalue weighted by atomic mass is 14.3. The molecule has 0 aliphatic heterocycles.